The average Bonchev–Trinajstić information content (AvgIpc) is 3.03. The summed E-state index contributed by atoms with van der Waals surface area (Å²) in [6.07, 6.45) is 3.52. The molecule has 0 unspecified atom stereocenters. The van der Waals surface area contributed by atoms with Gasteiger partial charge >= 0.3 is 0 Å². The number of thiazole rings is 1. The smallest absolute Gasteiger partial charge is 0.259 e. The van der Waals surface area contributed by atoms with E-state index in [0.29, 0.717) is 5.13 Å². The molecule has 140 valence electrons. The van der Waals surface area contributed by atoms with Gasteiger partial charge in [0.05, 0.1) is 15.5 Å². The molecule has 5 nitrogen and oxygen atoms in total. The molecule has 27 heavy (non-hydrogen) atoms. The molecule has 2 aromatic carbocycles. The Morgan fingerprint density at radius 1 is 1.19 bits per heavy atom. The fourth-order valence-corrected chi connectivity index (χ4v) is 4.12. The molecule has 0 bridgehead atoms. The fourth-order valence-electron chi connectivity index (χ4n) is 2.43. The van der Waals surface area contributed by atoms with Crippen LogP contribution in [-0.2, 0) is 16.3 Å². The van der Waals surface area contributed by atoms with Crippen LogP contribution in [0.2, 0.25) is 5.02 Å². The number of aromatic nitrogens is 1. The highest BCUT2D eigenvalue weighted by Crippen LogP contribution is 2.25. The van der Waals surface area contributed by atoms with Gasteiger partial charge in [0.2, 0.25) is 0 Å². The topological polar surface area (TPSA) is 76.1 Å². The lowest BCUT2D eigenvalue weighted by atomic mass is 10.1. The zero-order chi connectivity index (χ0) is 19.6. The number of carbonyl (C=O) groups is 1. The Morgan fingerprint density at radius 3 is 2.56 bits per heavy atom. The molecule has 0 saturated carbocycles. The zero-order valence-electron chi connectivity index (χ0n) is 14.7. The first-order valence-corrected chi connectivity index (χ1v) is 11.1. The largest absolute Gasteiger partial charge is 0.298 e. The molecule has 8 heteroatoms. The number of halogens is 1. The van der Waals surface area contributed by atoms with Gasteiger partial charge in [0.25, 0.3) is 5.91 Å². The third kappa shape index (κ3) is 4.94. The summed E-state index contributed by atoms with van der Waals surface area (Å²) in [5.74, 6) is -0.498. The van der Waals surface area contributed by atoms with Crippen molar-refractivity contribution < 1.29 is 13.2 Å². The molecule has 1 aromatic heterocycles. The van der Waals surface area contributed by atoms with Crippen molar-refractivity contribution in [2.45, 2.75) is 18.2 Å². The molecule has 0 fully saturated rings. The third-order valence-electron chi connectivity index (χ3n) is 3.88. The summed E-state index contributed by atoms with van der Waals surface area (Å²) in [4.78, 5) is 17.8. The molecule has 3 aromatic rings. The monoisotopic (exact) mass is 420 g/mol. The van der Waals surface area contributed by atoms with Crippen LogP contribution >= 0.6 is 22.9 Å². The predicted octanol–water partition coefficient (Wildman–Crippen LogP) is 4.35. The Bertz CT molecular complexity index is 1090. The van der Waals surface area contributed by atoms with Crippen LogP contribution < -0.4 is 5.32 Å². The molecule has 1 heterocycles. The number of aryl methyl sites for hydroxylation is 1. The Hall–Kier alpha value is -2.22. The lowest BCUT2D eigenvalue weighted by Gasteiger charge is -2.06. The molecule has 3 rings (SSSR count). The summed E-state index contributed by atoms with van der Waals surface area (Å²) >= 11 is 7.43. The highest BCUT2D eigenvalue weighted by molar-refractivity contribution is 7.90. The highest BCUT2D eigenvalue weighted by atomic mass is 35.5. The first-order valence-electron chi connectivity index (χ1n) is 8.03. The summed E-state index contributed by atoms with van der Waals surface area (Å²) in [5, 5.41) is 3.29. The molecular formula is C19H17ClN2O3S2. The van der Waals surface area contributed by atoms with E-state index in [1.807, 2.05) is 6.92 Å². The van der Waals surface area contributed by atoms with E-state index in [9.17, 15) is 13.2 Å². The Labute approximate surface area is 167 Å². The Kier molecular flexibility index (Phi) is 5.64. The van der Waals surface area contributed by atoms with Crippen LogP contribution in [0.5, 0.6) is 0 Å². The van der Waals surface area contributed by atoms with E-state index in [1.165, 1.54) is 35.1 Å². The number of benzene rings is 2. The van der Waals surface area contributed by atoms with Crippen molar-refractivity contribution in [1.29, 1.82) is 0 Å². The van der Waals surface area contributed by atoms with Crippen LogP contribution in [0.25, 0.3) is 0 Å². The van der Waals surface area contributed by atoms with Gasteiger partial charge in [-0.2, -0.15) is 0 Å². The van der Waals surface area contributed by atoms with Crippen LogP contribution in [-0.4, -0.2) is 25.6 Å². The SMILES string of the molecule is Cc1ccc(Cc2cnc(NC(=O)c3cc(S(C)(=O)=O)ccc3Cl)s2)cc1. The number of anilines is 1. The molecule has 0 aliphatic heterocycles. The van der Waals surface area contributed by atoms with E-state index in [1.54, 1.807) is 6.20 Å². The van der Waals surface area contributed by atoms with E-state index in [2.05, 4.69) is 34.6 Å². The molecule has 0 spiro atoms. The number of nitrogens with one attached hydrogen (secondary N) is 1. The summed E-state index contributed by atoms with van der Waals surface area (Å²) in [5.41, 5.74) is 2.45. The quantitative estimate of drug-likeness (QED) is 0.665. The number of hydrogen-bond donors (Lipinski definition) is 1. The molecule has 0 aliphatic rings. The minimum atomic E-state index is -3.43. The van der Waals surface area contributed by atoms with Crippen LogP contribution in [0.3, 0.4) is 0 Å². The van der Waals surface area contributed by atoms with Gasteiger partial charge in [-0.3, -0.25) is 10.1 Å². The van der Waals surface area contributed by atoms with E-state index < -0.39 is 15.7 Å². The lowest BCUT2D eigenvalue weighted by Crippen LogP contribution is -2.13. The minimum absolute atomic E-state index is 0.0382. The van der Waals surface area contributed by atoms with Crippen LogP contribution in [0.1, 0.15) is 26.4 Å². The van der Waals surface area contributed by atoms with Crippen molar-refractivity contribution in [1.82, 2.24) is 4.98 Å². The highest BCUT2D eigenvalue weighted by Gasteiger charge is 2.17. The maximum atomic E-state index is 12.5. The lowest BCUT2D eigenvalue weighted by molar-refractivity contribution is 0.102. The maximum Gasteiger partial charge on any atom is 0.259 e. The zero-order valence-corrected chi connectivity index (χ0v) is 17.1. The van der Waals surface area contributed by atoms with Gasteiger partial charge < -0.3 is 0 Å². The number of amides is 1. The van der Waals surface area contributed by atoms with Crippen LogP contribution in [0.4, 0.5) is 5.13 Å². The van der Waals surface area contributed by atoms with E-state index in [4.69, 9.17) is 11.6 Å². The van der Waals surface area contributed by atoms with Gasteiger partial charge in [-0.25, -0.2) is 13.4 Å². The Morgan fingerprint density at radius 2 is 1.89 bits per heavy atom. The second-order valence-corrected chi connectivity index (χ2v) is 9.70. The second kappa shape index (κ2) is 7.80. The van der Waals surface area contributed by atoms with Crippen molar-refractivity contribution in [3.63, 3.8) is 0 Å². The minimum Gasteiger partial charge on any atom is -0.298 e. The van der Waals surface area contributed by atoms with E-state index in [-0.39, 0.29) is 15.5 Å². The van der Waals surface area contributed by atoms with Crippen LogP contribution in [0.15, 0.2) is 53.6 Å². The summed E-state index contributed by atoms with van der Waals surface area (Å²) in [6.45, 7) is 2.04. The van der Waals surface area contributed by atoms with Gasteiger partial charge in [0, 0.05) is 23.8 Å². The van der Waals surface area contributed by atoms with Crippen molar-refractivity contribution in [3.8, 4) is 0 Å². The number of rotatable bonds is 5. The maximum absolute atomic E-state index is 12.5. The summed E-state index contributed by atoms with van der Waals surface area (Å²) in [7, 11) is -3.43. The van der Waals surface area contributed by atoms with Gasteiger partial charge in [-0.1, -0.05) is 41.4 Å². The summed E-state index contributed by atoms with van der Waals surface area (Å²) < 4.78 is 23.4. The van der Waals surface area contributed by atoms with Gasteiger partial charge in [0.1, 0.15) is 0 Å². The standard InChI is InChI=1S/C19H17ClN2O3S2/c1-12-3-5-13(6-4-12)9-14-11-21-19(26-14)22-18(23)16-10-15(27(2,24)25)7-8-17(16)20/h3-8,10-11H,9H2,1-2H3,(H,21,22,23). The number of sulfone groups is 1. The molecule has 1 amide bonds. The van der Waals surface area contributed by atoms with Gasteiger partial charge in [-0.05, 0) is 30.7 Å². The average molecular weight is 421 g/mol. The van der Waals surface area contributed by atoms with Crippen molar-refractivity contribution in [2.75, 3.05) is 11.6 Å². The number of hydrogen-bond acceptors (Lipinski definition) is 5. The molecule has 0 atom stereocenters. The molecular weight excluding hydrogens is 404 g/mol. The van der Waals surface area contributed by atoms with Crippen LogP contribution in [0, 0.1) is 6.92 Å². The van der Waals surface area contributed by atoms with Gasteiger partial charge in [0.15, 0.2) is 15.0 Å². The molecule has 0 saturated heterocycles. The Balaban J connectivity index is 1.75. The van der Waals surface area contributed by atoms with Crippen molar-refractivity contribution in [2.24, 2.45) is 0 Å². The number of nitrogens with zero attached hydrogens (tertiary/aromatic N) is 1. The van der Waals surface area contributed by atoms with Crippen molar-refractivity contribution >= 4 is 43.8 Å². The molecule has 0 radical (unpaired) electrons. The van der Waals surface area contributed by atoms with Crippen molar-refractivity contribution in [3.05, 3.63) is 75.3 Å². The van der Waals surface area contributed by atoms with E-state index >= 15 is 0 Å². The molecule has 0 aliphatic carbocycles. The molecule has 1 N–H and O–H groups in total. The first-order chi connectivity index (χ1) is 12.7. The third-order valence-corrected chi connectivity index (χ3v) is 6.24. The predicted molar refractivity (Wildman–Crippen MR) is 109 cm³/mol. The fraction of sp³-hybridized carbons (Fsp3) is 0.158. The van der Waals surface area contributed by atoms with E-state index in [0.717, 1.165) is 23.1 Å². The first kappa shape index (κ1) is 19.5. The summed E-state index contributed by atoms with van der Waals surface area (Å²) in [6, 6.07) is 12.3. The van der Waals surface area contributed by atoms with Gasteiger partial charge in [-0.15, -0.1) is 11.3 Å². The normalized spacial score (nSPS) is 11.4. The second-order valence-electron chi connectivity index (χ2n) is 6.16. The number of carbonyl (C=O) groups excluding carboxylic acids is 1.